The third kappa shape index (κ3) is 6.56. The summed E-state index contributed by atoms with van der Waals surface area (Å²) in [6, 6.07) is 17.7. The number of ether oxygens (including phenoxy) is 4. The number of methoxy groups -OCH3 is 1. The maximum absolute atomic E-state index is 13.9. The second-order valence-electron chi connectivity index (χ2n) is 9.32. The lowest BCUT2D eigenvalue weighted by atomic mass is 9.97. The molecule has 0 saturated carbocycles. The molecule has 0 unspecified atom stereocenters. The summed E-state index contributed by atoms with van der Waals surface area (Å²) in [6.07, 6.45) is 3.25. The molecule has 3 aromatic carbocycles. The molecule has 8 nitrogen and oxygen atoms in total. The molecule has 0 amide bonds. The average molecular weight is 684 g/mol. The third-order valence-electron chi connectivity index (χ3n) is 6.60. The lowest BCUT2D eigenvalue weighted by Gasteiger charge is -2.23. The number of thiazole rings is 1. The van der Waals surface area contributed by atoms with Crippen molar-refractivity contribution in [1.82, 2.24) is 4.57 Å². The summed E-state index contributed by atoms with van der Waals surface area (Å²) >= 11 is 11.1. The number of hydrogen-bond donors (Lipinski definition) is 0. The summed E-state index contributed by atoms with van der Waals surface area (Å²) in [4.78, 5) is 31.6. The molecular weight excluding hydrogens is 656 g/mol. The van der Waals surface area contributed by atoms with E-state index in [1.807, 2.05) is 62.4 Å². The molecule has 0 bridgehead atoms. The fraction of sp³-hybridized carbons (Fsp3) is 0.219. The van der Waals surface area contributed by atoms with Gasteiger partial charge in [-0.1, -0.05) is 53.3 Å². The first-order valence-corrected chi connectivity index (χ1v) is 15.5. The molecule has 0 N–H and O–H groups in total. The van der Waals surface area contributed by atoms with Gasteiger partial charge in [0.2, 0.25) is 0 Å². The van der Waals surface area contributed by atoms with Crippen LogP contribution in [0.15, 0.2) is 86.7 Å². The third-order valence-corrected chi connectivity index (χ3v) is 8.59. The molecule has 1 aliphatic rings. The van der Waals surface area contributed by atoms with Gasteiger partial charge < -0.3 is 18.9 Å². The van der Waals surface area contributed by atoms with E-state index < -0.39 is 12.0 Å². The van der Waals surface area contributed by atoms with Crippen molar-refractivity contribution in [3.8, 4) is 17.2 Å². The van der Waals surface area contributed by atoms with Crippen molar-refractivity contribution in [2.45, 2.75) is 26.5 Å². The second kappa shape index (κ2) is 13.6. The van der Waals surface area contributed by atoms with Gasteiger partial charge >= 0.3 is 5.97 Å². The first kappa shape index (κ1) is 30.6. The number of halogens is 2. The van der Waals surface area contributed by atoms with Gasteiger partial charge in [-0.3, -0.25) is 9.36 Å². The van der Waals surface area contributed by atoms with Gasteiger partial charge in [-0.25, -0.2) is 9.79 Å². The second-order valence-corrected chi connectivity index (χ2v) is 11.6. The number of esters is 1. The van der Waals surface area contributed by atoms with Crippen molar-refractivity contribution in [2.75, 3.05) is 20.3 Å². The molecule has 0 aliphatic carbocycles. The van der Waals surface area contributed by atoms with Crippen molar-refractivity contribution in [3.63, 3.8) is 0 Å². The van der Waals surface area contributed by atoms with Gasteiger partial charge in [-0.15, -0.1) is 0 Å². The van der Waals surface area contributed by atoms with Gasteiger partial charge in [-0.05, 0) is 77.3 Å². The summed E-state index contributed by atoms with van der Waals surface area (Å²) in [6.45, 7) is 4.97. The number of aromatic nitrogens is 1. The summed E-state index contributed by atoms with van der Waals surface area (Å²) in [7, 11) is 1.30. The smallest absolute Gasteiger partial charge is 0.337 e. The minimum Gasteiger partial charge on any atom is -0.490 e. The van der Waals surface area contributed by atoms with Crippen molar-refractivity contribution in [1.29, 1.82) is 0 Å². The van der Waals surface area contributed by atoms with E-state index >= 15 is 0 Å². The fourth-order valence-electron chi connectivity index (χ4n) is 4.63. The van der Waals surface area contributed by atoms with E-state index in [0.717, 1.165) is 15.6 Å². The number of carbonyl (C=O) groups excluding carboxylic acids is 1. The molecule has 5 rings (SSSR count). The Morgan fingerprint density at radius 1 is 1.02 bits per heavy atom. The predicted molar refractivity (Wildman–Crippen MR) is 170 cm³/mol. The van der Waals surface area contributed by atoms with E-state index in [1.165, 1.54) is 29.2 Å². The standard InChI is InChI=1S/C32H28BrClN2O6S/c1-4-40-26-13-11-20(16-27(26)41-5-2)29-22(31(38)39-3)17-35-32-36(29)30(37)28(43-32)15-19-10-12-25(23(33)14-19)42-18-21-8-6-7-9-24(21)34/h6-17,29H,4-5,18H2,1-3H3/b28-15-/t29-/m1/s1. The molecule has 1 aromatic heterocycles. The van der Waals surface area contributed by atoms with Crippen LogP contribution >= 0.6 is 38.9 Å². The number of carbonyl (C=O) groups is 1. The zero-order valence-corrected chi connectivity index (χ0v) is 26.8. The van der Waals surface area contributed by atoms with Crippen molar-refractivity contribution in [2.24, 2.45) is 4.99 Å². The highest BCUT2D eigenvalue weighted by Gasteiger charge is 2.31. The van der Waals surface area contributed by atoms with Gasteiger partial charge in [0, 0.05) is 16.8 Å². The van der Waals surface area contributed by atoms with Gasteiger partial charge in [0.25, 0.3) is 5.56 Å². The maximum atomic E-state index is 13.9. The van der Waals surface area contributed by atoms with E-state index in [-0.39, 0.29) is 11.1 Å². The Bertz CT molecular complexity index is 1880. The number of rotatable bonds is 10. The van der Waals surface area contributed by atoms with E-state index in [1.54, 1.807) is 18.2 Å². The largest absolute Gasteiger partial charge is 0.490 e. The molecule has 0 saturated heterocycles. The van der Waals surface area contributed by atoms with E-state index in [0.29, 0.717) is 57.0 Å². The van der Waals surface area contributed by atoms with Crippen LogP contribution in [0.1, 0.15) is 36.6 Å². The van der Waals surface area contributed by atoms with Gasteiger partial charge in [-0.2, -0.15) is 0 Å². The highest BCUT2D eigenvalue weighted by molar-refractivity contribution is 9.10. The predicted octanol–water partition coefficient (Wildman–Crippen LogP) is 5.81. The minimum atomic E-state index is -0.770. The molecule has 0 spiro atoms. The molecule has 0 radical (unpaired) electrons. The highest BCUT2D eigenvalue weighted by Crippen LogP contribution is 2.35. The van der Waals surface area contributed by atoms with E-state index in [2.05, 4.69) is 20.9 Å². The molecule has 4 aromatic rings. The van der Waals surface area contributed by atoms with Crippen LogP contribution in [0.3, 0.4) is 0 Å². The number of fused-ring (bicyclic) bond motifs is 1. The SMILES string of the molecule is CCOc1ccc([C@@H]2C(C(=O)OC)=CN=c3s/c(=C\c4ccc(OCc5ccccc5Cl)c(Br)c4)c(=O)n32)cc1OCC. The Labute approximate surface area is 265 Å². The zero-order chi connectivity index (χ0) is 30.5. The Kier molecular flexibility index (Phi) is 9.69. The van der Waals surface area contributed by atoms with Crippen LogP contribution < -0.4 is 29.1 Å². The van der Waals surface area contributed by atoms with Crippen molar-refractivity contribution < 1.29 is 23.7 Å². The summed E-state index contributed by atoms with van der Waals surface area (Å²) in [5, 5.41) is 0.638. The monoisotopic (exact) mass is 682 g/mol. The first-order chi connectivity index (χ1) is 20.8. The normalized spacial score (nSPS) is 14.4. The summed E-state index contributed by atoms with van der Waals surface area (Å²) in [5.74, 6) is 1.16. The highest BCUT2D eigenvalue weighted by atomic mass is 79.9. The molecular formula is C32H28BrClN2O6S. The molecule has 0 fully saturated rings. The van der Waals surface area contributed by atoms with Crippen molar-refractivity contribution in [3.05, 3.63) is 118 Å². The Balaban J connectivity index is 1.52. The molecule has 1 atom stereocenters. The summed E-state index contributed by atoms with van der Waals surface area (Å²) in [5.41, 5.74) is 2.27. The molecule has 1 aliphatic heterocycles. The van der Waals surface area contributed by atoms with Crippen LogP contribution in [0.5, 0.6) is 17.2 Å². The van der Waals surface area contributed by atoms with E-state index in [9.17, 15) is 9.59 Å². The van der Waals surface area contributed by atoms with Crippen molar-refractivity contribution >= 4 is 50.9 Å². The van der Waals surface area contributed by atoms with Gasteiger partial charge in [0.15, 0.2) is 16.3 Å². The zero-order valence-electron chi connectivity index (χ0n) is 23.6. The summed E-state index contributed by atoms with van der Waals surface area (Å²) < 4.78 is 25.2. The van der Waals surface area contributed by atoms with Crippen LogP contribution in [0.2, 0.25) is 5.02 Å². The van der Waals surface area contributed by atoms with E-state index in [4.69, 9.17) is 30.5 Å². The van der Waals surface area contributed by atoms with Crippen LogP contribution in [0, 0.1) is 0 Å². The number of hydrogen-bond acceptors (Lipinski definition) is 8. The van der Waals surface area contributed by atoms with Crippen LogP contribution in [-0.2, 0) is 16.1 Å². The van der Waals surface area contributed by atoms with Crippen LogP contribution in [-0.4, -0.2) is 30.9 Å². The first-order valence-electron chi connectivity index (χ1n) is 13.5. The Morgan fingerprint density at radius 2 is 1.77 bits per heavy atom. The topological polar surface area (TPSA) is 88.4 Å². The number of benzene rings is 3. The molecule has 2 heterocycles. The lowest BCUT2D eigenvalue weighted by Crippen LogP contribution is -2.39. The maximum Gasteiger partial charge on any atom is 0.337 e. The van der Waals surface area contributed by atoms with Gasteiger partial charge in [0.1, 0.15) is 12.4 Å². The Hall–Kier alpha value is -3.86. The van der Waals surface area contributed by atoms with Crippen LogP contribution in [0.4, 0.5) is 0 Å². The van der Waals surface area contributed by atoms with Crippen LogP contribution in [0.25, 0.3) is 6.08 Å². The number of nitrogens with zero attached hydrogens (tertiary/aromatic N) is 2. The Morgan fingerprint density at radius 3 is 2.49 bits per heavy atom. The quantitative estimate of drug-likeness (QED) is 0.196. The van der Waals surface area contributed by atoms with Gasteiger partial charge in [0.05, 0.1) is 40.9 Å². The lowest BCUT2D eigenvalue weighted by molar-refractivity contribution is -0.136. The molecule has 43 heavy (non-hydrogen) atoms. The minimum absolute atomic E-state index is 0.232. The molecule has 222 valence electrons. The average Bonchev–Trinajstić information content (AvgIpc) is 3.32. The fourth-order valence-corrected chi connectivity index (χ4v) is 6.30. The molecule has 11 heteroatoms.